The second-order valence-corrected chi connectivity index (χ2v) is 8.05. The van der Waals surface area contributed by atoms with Gasteiger partial charge in [-0.05, 0) is 20.5 Å². The maximum Gasteiger partial charge on any atom is 0.191 e. The first-order chi connectivity index (χ1) is 13.5. The molecule has 3 rings (SSSR count). The normalized spacial score (nSPS) is 25.1. The maximum atomic E-state index is 10.4. The molecule has 28 heavy (non-hydrogen) atoms. The number of ether oxygens (including phenoxy) is 1. The van der Waals surface area contributed by atoms with E-state index in [0.717, 1.165) is 18.7 Å². The van der Waals surface area contributed by atoms with Gasteiger partial charge < -0.3 is 30.3 Å². The number of fused-ring (bicyclic) bond motifs is 1. The fourth-order valence-corrected chi connectivity index (χ4v) is 3.67. The summed E-state index contributed by atoms with van der Waals surface area (Å²) in [5.74, 6) is 1.50. The number of rotatable bonds is 9. The Labute approximate surface area is 167 Å². The molecule has 0 saturated carbocycles. The molecule has 0 radical (unpaired) electrons. The van der Waals surface area contributed by atoms with Gasteiger partial charge in [-0.15, -0.1) is 0 Å². The monoisotopic (exact) mass is 412 g/mol. The van der Waals surface area contributed by atoms with E-state index in [0.29, 0.717) is 28.7 Å². The number of hydrogen-bond donors (Lipinski definition) is 4. The van der Waals surface area contributed by atoms with E-state index in [4.69, 9.17) is 4.74 Å². The van der Waals surface area contributed by atoms with Crippen LogP contribution < -0.4 is 5.32 Å². The van der Waals surface area contributed by atoms with Crippen molar-refractivity contribution >= 4 is 28.7 Å². The number of thioether (sulfide) groups is 1. The summed E-state index contributed by atoms with van der Waals surface area (Å²) in [5, 5.41) is 33.7. The molecule has 0 spiro atoms. The molecule has 156 valence electrons. The Kier molecular flexibility index (Phi) is 7.07. The third-order valence-corrected chi connectivity index (χ3v) is 5.53. The molecular weight excluding hydrogens is 384 g/mol. The predicted molar refractivity (Wildman–Crippen MR) is 106 cm³/mol. The number of hydrogen-bond acceptors (Lipinski definition) is 10. The molecule has 11 heteroatoms. The highest BCUT2D eigenvalue weighted by atomic mass is 32.2. The van der Waals surface area contributed by atoms with Crippen LogP contribution in [0.2, 0.25) is 0 Å². The molecule has 2 aromatic rings. The summed E-state index contributed by atoms with van der Waals surface area (Å²) in [6.07, 6.45) is -1.60. The number of aromatic nitrogens is 4. The van der Waals surface area contributed by atoms with Crippen LogP contribution in [0.3, 0.4) is 0 Å². The van der Waals surface area contributed by atoms with Crippen molar-refractivity contribution in [2.45, 2.75) is 43.0 Å². The first-order valence-electron chi connectivity index (χ1n) is 9.34. The second kappa shape index (κ2) is 9.33. The first kappa shape index (κ1) is 21.2. The molecule has 1 aliphatic rings. The van der Waals surface area contributed by atoms with Gasteiger partial charge in [-0.25, -0.2) is 15.0 Å². The Morgan fingerprint density at radius 3 is 2.71 bits per heavy atom. The SMILES string of the molecule is CCCSc1nc(NCCN(C)C)c2ncn([C@@H]3O[C@H](CO)[C@@H](O)[C@H]3O)c2n1. The van der Waals surface area contributed by atoms with Crippen LogP contribution in [0.15, 0.2) is 11.5 Å². The van der Waals surface area contributed by atoms with E-state index in [2.05, 4.69) is 32.1 Å². The molecule has 4 atom stereocenters. The lowest BCUT2D eigenvalue weighted by molar-refractivity contribution is -0.0511. The number of aliphatic hydroxyl groups excluding tert-OH is 3. The van der Waals surface area contributed by atoms with Crippen molar-refractivity contribution in [3.63, 3.8) is 0 Å². The molecule has 1 saturated heterocycles. The van der Waals surface area contributed by atoms with Gasteiger partial charge in [0.15, 0.2) is 28.4 Å². The summed E-state index contributed by atoms with van der Waals surface area (Å²) in [6.45, 7) is 3.23. The van der Waals surface area contributed by atoms with E-state index < -0.39 is 24.5 Å². The number of imidazole rings is 1. The van der Waals surface area contributed by atoms with Crippen LogP contribution in [-0.4, -0.2) is 97.6 Å². The van der Waals surface area contributed by atoms with Gasteiger partial charge in [0, 0.05) is 18.8 Å². The minimum absolute atomic E-state index is 0.384. The number of likely N-dealkylation sites (N-methyl/N-ethyl adjacent to an activating group) is 1. The van der Waals surface area contributed by atoms with Gasteiger partial charge >= 0.3 is 0 Å². The molecule has 2 aromatic heterocycles. The van der Waals surface area contributed by atoms with Gasteiger partial charge in [-0.1, -0.05) is 18.7 Å². The minimum atomic E-state index is -1.19. The number of aliphatic hydroxyl groups is 3. The Morgan fingerprint density at radius 1 is 1.29 bits per heavy atom. The van der Waals surface area contributed by atoms with Crippen LogP contribution in [0.25, 0.3) is 11.2 Å². The molecule has 3 heterocycles. The largest absolute Gasteiger partial charge is 0.394 e. The molecule has 10 nitrogen and oxygen atoms in total. The second-order valence-electron chi connectivity index (χ2n) is 6.99. The van der Waals surface area contributed by atoms with E-state index in [1.54, 1.807) is 16.3 Å². The summed E-state index contributed by atoms with van der Waals surface area (Å²) in [7, 11) is 3.99. The third-order valence-electron chi connectivity index (χ3n) is 4.48. The summed E-state index contributed by atoms with van der Waals surface area (Å²) < 4.78 is 7.23. The lowest BCUT2D eigenvalue weighted by Gasteiger charge is -2.17. The zero-order chi connectivity index (χ0) is 20.3. The van der Waals surface area contributed by atoms with Crippen LogP contribution in [0.5, 0.6) is 0 Å². The number of anilines is 1. The molecule has 1 fully saturated rings. The Hall–Kier alpha value is -1.50. The Morgan fingerprint density at radius 2 is 2.07 bits per heavy atom. The highest BCUT2D eigenvalue weighted by Gasteiger charge is 2.44. The lowest BCUT2D eigenvalue weighted by Crippen LogP contribution is -2.33. The van der Waals surface area contributed by atoms with E-state index >= 15 is 0 Å². The van der Waals surface area contributed by atoms with Crippen molar-refractivity contribution in [3.8, 4) is 0 Å². The predicted octanol–water partition coefficient (Wildman–Crippen LogP) is -0.0866. The van der Waals surface area contributed by atoms with Crippen LogP contribution >= 0.6 is 11.8 Å². The fourth-order valence-electron chi connectivity index (χ4n) is 2.97. The van der Waals surface area contributed by atoms with Gasteiger partial charge in [0.05, 0.1) is 12.9 Å². The van der Waals surface area contributed by atoms with Crippen molar-refractivity contribution in [1.29, 1.82) is 0 Å². The average Bonchev–Trinajstić information content (AvgIpc) is 3.21. The highest BCUT2D eigenvalue weighted by Crippen LogP contribution is 2.33. The van der Waals surface area contributed by atoms with Gasteiger partial charge in [-0.3, -0.25) is 4.57 Å². The Balaban J connectivity index is 1.96. The van der Waals surface area contributed by atoms with Gasteiger partial charge in [0.2, 0.25) is 0 Å². The van der Waals surface area contributed by atoms with Crippen molar-refractivity contribution in [3.05, 3.63) is 6.33 Å². The van der Waals surface area contributed by atoms with Crippen LogP contribution in [0.1, 0.15) is 19.6 Å². The topological polar surface area (TPSA) is 129 Å². The van der Waals surface area contributed by atoms with Crippen LogP contribution in [-0.2, 0) is 4.74 Å². The molecule has 0 amide bonds. The van der Waals surface area contributed by atoms with Crippen molar-refractivity contribution in [2.24, 2.45) is 0 Å². The zero-order valence-electron chi connectivity index (χ0n) is 16.3. The van der Waals surface area contributed by atoms with Crippen LogP contribution in [0, 0.1) is 0 Å². The van der Waals surface area contributed by atoms with E-state index in [1.807, 2.05) is 14.1 Å². The van der Waals surface area contributed by atoms with Gasteiger partial charge in [-0.2, -0.15) is 0 Å². The number of nitrogens with zero attached hydrogens (tertiary/aromatic N) is 5. The molecule has 0 aliphatic carbocycles. The number of nitrogens with one attached hydrogen (secondary N) is 1. The maximum absolute atomic E-state index is 10.4. The van der Waals surface area contributed by atoms with Crippen molar-refractivity contribution < 1.29 is 20.1 Å². The minimum Gasteiger partial charge on any atom is -0.394 e. The molecular formula is C17H28N6O4S. The van der Waals surface area contributed by atoms with Gasteiger partial charge in [0.25, 0.3) is 0 Å². The summed E-state index contributed by atoms with van der Waals surface area (Å²) >= 11 is 1.54. The molecule has 0 aromatic carbocycles. The zero-order valence-corrected chi connectivity index (χ0v) is 17.1. The van der Waals surface area contributed by atoms with E-state index in [1.165, 1.54) is 6.33 Å². The van der Waals surface area contributed by atoms with Crippen molar-refractivity contribution in [2.75, 3.05) is 44.9 Å². The van der Waals surface area contributed by atoms with Gasteiger partial charge in [0.1, 0.15) is 18.3 Å². The summed E-state index contributed by atoms with van der Waals surface area (Å²) in [4.78, 5) is 15.7. The smallest absolute Gasteiger partial charge is 0.191 e. The quantitative estimate of drug-likeness (QED) is 0.328. The molecule has 0 bridgehead atoms. The summed E-state index contributed by atoms with van der Waals surface area (Å²) in [5.41, 5.74) is 1.08. The van der Waals surface area contributed by atoms with E-state index in [-0.39, 0.29) is 6.61 Å². The average molecular weight is 413 g/mol. The van der Waals surface area contributed by atoms with Crippen molar-refractivity contribution in [1.82, 2.24) is 24.4 Å². The van der Waals surface area contributed by atoms with Crippen LogP contribution in [0.4, 0.5) is 5.82 Å². The third kappa shape index (κ3) is 4.39. The first-order valence-corrected chi connectivity index (χ1v) is 10.3. The molecule has 4 N–H and O–H groups in total. The summed E-state index contributed by atoms with van der Waals surface area (Å²) in [6, 6.07) is 0. The standard InChI is InChI=1S/C17H28N6O4S/c1-4-7-28-17-20-14(18-5-6-22(2)3)11-15(21-17)23(9-19-11)16-13(26)12(25)10(8-24)27-16/h9-10,12-13,16,24-26H,4-8H2,1-3H3,(H,18,20,21)/t10-,12-,13-,16-/m1/s1. The lowest BCUT2D eigenvalue weighted by atomic mass is 10.1. The highest BCUT2D eigenvalue weighted by molar-refractivity contribution is 7.99. The molecule has 1 aliphatic heterocycles. The Bertz CT molecular complexity index is 788. The molecule has 0 unspecified atom stereocenters. The van der Waals surface area contributed by atoms with E-state index in [9.17, 15) is 15.3 Å². The fraction of sp³-hybridized carbons (Fsp3) is 0.706.